The molecule has 7 heteroatoms. The first-order valence-corrected chi connectivity index (χ1v) is 5.28. The molecular formula is C7H12N2O4S. The third kappa shape index (κ3) is 4.23. The van der Waals surface area contributed by atoms with Crippen LogP contribution in [0.5, 0.6) is 0 Å². The maximum Gasteiger partial charge on any atom is 0.318 e. The van der Waals surface area contributed by atoms with Gasteiger partial charge in [0.1, 0.15) is 6.54 Å². The van der Waals surface area contributed by atoms with Crippen LogP contribution in [0.4, 0.5) is 0 Å². The Balaban J connectivity index is 4.65. The van der Waals surface area contributed by atoms with Gasteiger partial charge in [-0.15, -0.1) is 6.42 Å². The minimum atomic E-state index is -3.77. The van der Waals surface area contributed by atoms with Gasteiger partial charge in [0.05, 0.1) is 6.54 Å². The van der Waals surface area contributed by atoms with E-state index in [1.807, 2.05) is 0 Å². The Hall–Kier alpha value is -1.10. The Morgan fingerprint density at radius 1 is 1.64 bits per heavy atom. The molecule has 0 saturated carbocycles. The van der Waals surface area contributed by atoms with Crippen LogP contribution in [0.1, 0.15) is 6.92 Å². The summed E-state index contributed by atoms with van der Waals surface area (Å²) in [5, 5.41) is 8.44. The van der Waals surface area contributed by atoms with Crippen LogP contribution in [-0.4, -0.2) is 43.4 Å². The Kier molecular flexibility index (Phi) is 5.15. The summed E-state index contributed by atoms with van der Waals surface area (Å²) >= 11 is 0. The molecule has 0 radical (unpaired) electrons. The monoisotopic (exact) mass is 220 g/mol. The molecule has 6 nitrogen and oxygen atoms in total. The van der Waals surface area contributed by atoms with Gasteiger partial charge in [-0.1, -0.05) is 12.8 Å². The summed E-state index contributed by atoms with van der Waals surface area (Å²) in [6, 6.07) is 0. The van der Waals surface area contributed by atoms with Crippen molar-refractivity contribution in [3.63, 3.8) is 0 Å². The van der Waals surface area contributed by atoms with Gasteiger partial charge in [0.2, 0.25) is 0 Å². The molecule has 0 aliphatic carbocycles. The van der Waals surface area contributed by atoms with Crippen molar-refractivity contribution in [1.82, 2.24) is 9.03 Å². The highest BCUT2D eigenvalue weighted by Gasteiger charge is 2.22. The molecule has 0 saturated heterocycles. The van der Waals surface area contributed by atoms with Crippen LogP contribution in [0.2, 0.25) is 0 Å². The van der Waals surface area contributed by atoms with Gasteiger partial charge in [-0.05, 0) is 0 Å². The zero-order valence-corrected chi connectivity index (χ0v) is 8.54. The van der Waals surface area contributed by atoms with E-state index in [0.29, 0.717) is 4.31 Å². The van der Waals surface area contributed by atoms with Crippen molar-refractivity contribution >= 4 is 16.2 Å². The molecule has 0 spiro atoms. The summed E-state index contributed by atoms with van der Waals surface area (Å²) in [5.41, 5.74) is 0. The van der Waals surface area contributed by atoms with Crippen LogP contribution in [0.3, 0.4) is 0 Å². The van der Waals surface area contributed by atoms with Crippen molar-refractivity contribution in [3.8, 4) is 12.3 Å². The molecule has 0 atom stereocenters. The molecule has 0 aromatic rings. The van der Waals surface area contributed by atoms with Crippen molar-refractivity contribution < 1.29 is 18.3 Å². The average molecular weight is 220 g/mol. The first-order chi connectivity index (χ1) is 6.44. The number of hydrogen-bond acceptors (Lipinski definition) is 3. The number of carboxylic acid groups (broad SMARTS) is 1. The van der Waals surface area contributed by atoms with Crippen molar-refractivity contribution in [1.29, 1.82) is 0 Å². The van der Waals surface area contributed by atoms with Gasteiger partial charge in [-0.2, -0.15) is 12.7 Å². The second-order valence-corrected chi connectivity index (χ2v) is 4.12. The van der Waals surface area contributed by atoms with E-state index in [1.165, 1.54) is 0 Å². The highest BCUT2D eigenvalue weighted by atomic mass is 32.2. The van der Waals surface area contributed by atoms with E-state index >= 15 is 0 Å². The van der Waals surface area contributed by atoms with E-state index in [2.05, 4.69) is 10.6 Å². The van der Waals surface area contributed by atoms with Gasteiger partial charge in [0.15, 0.2) is 0 Å². The van der Waals surface area contributed by atoms with E-state index in [4.69, 9.17) is 11.5 Å². The largest absolute Gasteiger partial charge is 0.480 e. The van der Waals surface area contributed by atoms with Gasteiger partial charge in [-0.25, -0.2) is 4.72 Å². The van der Waals surface area contributed by atoms with Crippen molar-refractivity contribution in [2.45, 2.75) is 6.92 Å². The standard InChI is InChI=1S/C7H12N2O4S/c1-3-5-9(6-7(10)11)14(12,13)8-4-2/h1,8H,4-6H2,2H3,(H,10,11). The molecule has 0 aromatic carbocycles. The molecule has 14 heavy (non-hydrogen) atoms. The molecule has 2 N–H and O–H groups in total. The van der Waals surface area contributed by atoms with Crippen LogP contribution in [-0.2, 0) is 15.0 Å². The lowest BCUT2D eigenvalue weighted by Crippen LogP contribution is -2.43. The second-order valence-electron chi connectivity index (χ2n) is 2.37. The highest BCUT2D eigenvalue weighted by molar-refractivity contribution is 7.87. The van der Waals surface area contributed by atoms with Gasteiger partial charge in [0.25, 0.3) is 10.2 Å². The van der Waals surface area contributed by atoms with Crippen LogP contribution >= 0.6 is 0 Å². The minimum Gasteiger partial charge on any atom is -0.480 e. The molecule has 0 aromatic heterocycles. The average Bonchev–Trinajstić information content (AvgIpc) is 2.02. The Morgan fingerprint density at radius 2 is 2.21 bits per heavy atom. The molecule has 0 aliphatic rings. The maximum atomic E-state index is 11.3. The number of rotatable bonds is 6. The molecule has 0 unspecified atom stereocenters. The van der Waals surface area contributed by atoms with Crippen molar-refractivity contribution in [3.05, 3.63) is 0 Å². The fourth-order valence-electron chi connectivity index (χ4n) is 0.752. The molecule has 0 amide bonds. The normalized spacial score (nSPS) is 11.2. The molecule has 0 aliphatic heterocycles. The Labute approximate surface area is 83.1 Å². The SMILES string of the molecule is C#CCN(CC(=O)O)S(=O)(=O)NCC. The van der Waals surface area contributed by atoms with E-state index in [-0.39, 0.29) is 13.1 Å². The molecule has 80 valence electrons. The fourth-order valence-corrected chi connectivity index (χ4v) is 1.82. The summed E-state index contributed by atoms with van der Waals surface area (Å²) < 4.78 is 25.5. The number of carbonyl (C=O) groups is 1. The van der Waals surface area contributed by atoms with Crippen LogP contribution < -0.4 is 4.72 Å². The summed E-state index contributed by atoms with van der Waals surface area (Å²) in [6.07, 6.45) is 4.92. The Bertz CT molecular complexity index is 330. The first kappa shape index (κ1) is 12.9. The third-order valence-electron chi connectivity index (χ3n) is 1.25. The minimum absolute atomic E-state index is 0.184. The lowest BCUT2D eigenvalue weighted by Gasteiger charge is -2.17. The fraction of sp³-hybridized carbons (Fsp3) is 0.571. The van der Waals surface area contributed by atoms with E-state index in [1.54, 1.807) is 6.92 Å². The molecule has 0 heterocycles. The van der Waals surface area contributed by atoms with Gasteiger partial charge < -0.3 is 5.11 Å². The highest BCUT2D eigenvalue weighted by Crippen LogP contribution is 1.96. The molecular weight excluding hydrogens is 208 g/mol. The van der Waals surface area contributed by atoms with Crippen molar-refractivity contribution in [2.75, 3.05) is 19.6 Å². The summed E-state index contributed by atoms with van der Waals surface area (Å²) in [4.78, 5) is 10.3. The van der Waals surface area contributed by atoms with Gasteiger partial charge in [0, 0.05) is 6.54 Å². The van der Waals surface area contributed by atoms with E-state index in [0.717, 1.165) is 0 Å². The second kappa shape index (κ2) is 5.59. The van der Waals surface area contributed by atoms with Gasteiger partial charge >= 0.3 is 5.97 Å². The first-order valence-electron chi connectivity index (χ1n) is 3.84. The van der Waals surface area contributed by atoms with Crippen LogP contribution in [0.15, 0.2) is 0 Å². The van der Waals surface area contributed by atoms with E-state index < -0.39 is 22.7 Å². The number of nitrogens with zero attached hydrogens (tertiary/aromatic N) is 1. The zero-order chi connectivity index (χ0) is 11.2. The predicted molar refractivity (Wildman–Crippen MR) is 50.6 cm³/mol. The lowest BCUT2D eigenvalue weighted by atomic mass is 10.6. The van der Waals surface area contributed by atoms with Gasteiger partial charge in [-0.3, -0.25) is 4.79 Å². The smallest absolute Gasteiger partial charge is 0.318 e. The molecule has 0 bridgehead atoms. The number of nitrogens with one attached hydrogen (secondary N) is 1. The summed E-state index contributed by atoms with van der Waals surface area (Å²) in [6.45, 7) is 0.872. The zero-order valence-electron chi connectivity index (χ0n) is 7.73. The third-order valence-corrected chi connectivity index (χ3v) is 2.84. The van der Waals surface area contributed by atoms with Crippen molar-refractivity contribution in [2.24, 2.45) is 0 Å². The number of hydrogen-bond donors (Lipinski definition) is 2. The Morgan fingerprint density at radius 3 is 2.57 bits per heavy atom. The summed E-state index contributed by atoms with van der Waals surface area (Å²) in [7, 11) is -3.77. The number of carboxylic acids is 1. The topological polar surface area (TPSA) is 86.7 Å². The molecule has 0 rings (SSSR count). The molecule has 0 fully saturated rings. The lowest BCUT2D eigenvalue weighted by molar-refractivity contribution is -0.137. The number of terminal acetylenes is 1. The predicted octanol–water partition coefficient (Wildman–Crippen LogP) is -1.14. The number of aliphatic carboxylic acids is 1. The quantitative estimate of drug-likeness (QED) is 0.554. The van der Waals surface area contributed by atoms with Crippen LogP contribution in [0.25, 0.3) is 0 Å². The summed E-state index contributed by atoms with van der Waals surface area (Å²) in [5.74, 6) is 0.833. The van der Waals surface area contributed by atoms with Crippen LogP contribution in [0, 0.1) is 12.3 Å². The maximum absolute atomic E-state index is 11.3. The van der Waals surface area contributed by atoms with E-state index in [9.17, 15) is 13.2 Å².